The molecule has 2 fully saturated rings. The maximum Gasteiger partial charge on any atom is 0.335 e. The van der Waals surface area contributed by atoms with E-state index in [1.54, 1.807) is 0 Å². The van der Waals surface area contributed by atoms with Crippen molar-refractivity contribution in [3.63, 3.8) is 0 Å². The van der Waals surface area contributed by atoms with Crippen molar-refractivity contribution in [2.24, 2.45) is 23.5 Å². The van der Waals surface area contributed by atoms with Gasteiger partial charge in [-0.3, -0.25) is 14.4 Å². The van der Waals surface area contributed by atoms with Gasteiger partial charge >= 0.3 is 5.97 Å². The smallest absolute Gasteiger partial charge is 0.335 e. The third kappa shape index (κ3) is 3.54. The Bertz CT molecular complexity index is 761. The van der Waals surface area contributed by atoms with E-state index in [0.717, 1.165) is 6.42 Å². The molecule has 1 aliphatic carbocycles. The summed E-state index contributed by atoms with van der Waals surface area (Å²) in [7, 11) is 0. The number of carboxylic acids is 1. The molecular formula is C18H21N3O5. The van der Waals surface area contributed by atoms with E-state index in [1.165, 1.54) is 29.2 Å². The maximum atomic E-state index is 12.6. The predicted octanol–water partition coefficient (Wildman–Crippen LogP) is 0.0829. The van der Waals surface area contributed by atoms with E-state index in [0.29, 0.717) is 11.5 Å². The first-order chi connectivity index (χ1) is 12.3. The first kappa shape index (κ1) is 17.9. The summed E-state index contributed by atoms with van der Waals surface area (Å²) >= 11 is 0. The molecule has 0 radical (unpaired) electrons. The van der Waals surface area contributed by atoms with Gasteiger partial charge in [-0.1, -0.05) is 6.92 Å². The second-order valence-electron chi connectivity index (χ2n) is 7.04. The SMILES string of the molecule is C[C@H]1C[C@@H]1NC(=O)[C@@H]1CN(C(=O)c2ccc(C(=O)O)cc2)C[C@H]1C(N)=O. The van der Waals surface area contributed by atoms with Gasteiger partial charge in [0.25, 0.3) is 5.91 Å². The lowest BCUT2D eigenvalue weighted by molar-refractivity contribution is -0.131. The van der Waals surface area contributed by atoms with Gasteiger partial charge in [0.1, 0.15) is 0 Å². The van der Waals surface area contributed by atoms with Crippen molar-refractivity contribution in [2.75, 3.05) is 13.1 Å². The van der Waals surface area contributed by atoms with Crippen LogP contribution >= 0.6 is 0 Å². The van der Waals surface area contributed by atoms with Gasteiger partial charge in [0.2, 0.25) is 11.8 Å². The molecule has 3 amide bonds. The van der Waals surface area contributed by atoms with Crippen LogP contribution in [0, 0.1) is 17.8 Å². The summed E-state index contributed by atoms with van der Waals surface area (Å²) in [5.74, 6) is -3.26. The average molecular weight is 359 g/mol. The van der Waals surface area contributed by atoms with E-state index < -0.39 is 23.7 Å². The number of nitrogens with zero attached hydrogens (tertiary/aromatic N) is 1. The minimum atomic E-state index is -1.08. The largest absolute Gasteiger partial charge is 0.478 e. The molecule has 2 aliphatic rings. The number of rotatable bonds is 5. The molecule has 0 bridgehead atoms. The molecule has 138 valence electrons. The van der Waals surface area contributed by atoms with E-state index in [1.807, 2.05) is 6.92 Å². The summed E-state index contributed by atoms with van der Waals surface area (Å²) in [6, 6.07) is 5.66. The molecule has 26 heavy (non-hydrogen) atoms. The Kier molecular flexibility index (Phi) is 4.67. The number of nitrogens with two attached hydrogens (primary N) is 1. The molecule has 8 nitrogen and oxygen atoms in total. The summed E-state index contributed by atoms with van der Waals surface area (Å²) in [5, 5.41) is 11.8. The van der Waals surface area contributed by atoms with Crippen LogP contribution in [0.4, 0.5) is 0 Å². The van der Waals surface area contributed by atoms with E-state index in [2.05, 4.69) is 5.32 Å². The van der Waals surface area contributed by atoms with Crippen molar-refractivity contribution in [2.45, 2.75) is 19.4 Å². The van der Waals surface area contributed by atoms with Crippen molar-refractivity contribution < 1.29 is 24.3 Å². The van der Waals surface area contributed by atoms with Crippen LogP contribution in [0.25, 0.3) is 0 Å². The Hall–Kier alpha value is -2.90. The number of hydrogen-bond donors (Lipinski definition) is 3. The first-order valence-electron chi connectivity index (χ1n) is 8.50. The average Bonchev–Trinajstić information content (AvgIpc) is 3.12. The van der Waals surface area contributed by atoms with Crippen molar-refractivity contribution in [1.82, 2.24) is 10.2 Å². The molecule has 0 spiro atoms. The maximum absolute atomic E-state index is 12.6. The second kappa shape index (κ2) is 6.78. The zero-order chi connectivity index (χ0) is 19.0. The number of nitrogens with one attached hydrogen (secondary N) is 1. The predicted molar refractivity (Wildman–Crippen MR) is 91.2 cm³/mol. The van der Waals surface area contributed by atoms with Gasteiger partial charge in [0.05, 0.1) is 17.4 Å². The molecule has 1 aromatic rings. The highest BCUT2D eigenvalue weighted by molar-refractivity contribution is 5.97. The topological polar surface area (TPSA) is 130 Å². The molecule has 0 unspecified atom stereocenters. The minimum Gasteiger partial charge on any atom is -0.478 e. The molecule has 1 saturated heterocycles. The summed E-state index contributed by atoms with van der Waals surface area (Å²) in [5.41, 5.74) is 5.81. The van der Waals surface area contributed by atoms with Crippen LogP contribution < -0.4 is 11.1 Å². The summed E-state index contributed by atoms with van der Waals surface area (Å²) in [4.78, 5) is 49.2. The van der Waals surface area contributed by atoms with Crippen molar-refractivity contribution >= 4 is 23.7 Å². The quantitative estimate of drug-likeness (QED) is 0.686. The van der Waals surface area contributed by atoms with Gasteiger partial charge in [-0.2, -0.15) is 0 Å². The highest BCUT2D eigenvalue weighted by Crippen LogP contribution is 2.31. The monoisotopic (exact) mass is 359 g/mol. The van der Waals surface area contributed by atoms with Crippen molar-refractivity contribution in [3.8, 4) is 0 Å². The van der Waals surface area contributed by atoms with Gasteiger partial charge in [-0.05, 0) is 36.6 Å². The zero-order valence-electron chi connectivity index (χ0n) is 14.3. The molecule has 3 rings (SSSR count). The van der Waals surface area contributed by atoms with Crippen LogP contribution in [0.3, 0.4) is 0 Å². The van der Waals surface area contributed by atoms with Crippen LogP contribution in [0.5, 0.6) is 0 Å². The van der Waals surface area contributed by atoms with Crippen LogP contribution in [0.2, 0.25) is 0 Å². The van der Waals surface area contributed by atoms with Crippen molar-refractivity contribution in [1.29, 1.82) is 0 Å². The van der Waals surface area contributed by atoms with Gasteiger partial charge in [0, 0.05) is 24.7 Å². The summed E-state index contributed by atoms with van der Waals surface area (Å²) < 4.78 is 0. The van der Waals surface area contributed by atoms with E-state index in [9.17, 15) is 19.2 Å². The third-order valence-corrected chi connectivity index (χ3v) is 5.13. The molecule has 8 heteroatoms. The Morgan fingerprint density at radius 3 is 2.12 bits per heavy atom. The van der Waals surface area contributed by atoms with Crippen LogP contribution in [0.1, 0.15) is 34.1 Å². The number of carbonyl (C=O) groups excluding carboxylic acids is 3. The first-order valence-corrected chi connectivity index (χ1v) is 8.50. The van der Waals surface area contributed by atoms with E-state index >= 15 is 0 Å². The summed E-state index contributed by atoms with van der Waals surface area (Å²) in [6.07, 6.45) is 0.915. The van der Waals surface area contributed by atoms with Crippen LogP contribution in [0.15, 0.2) is 24.3 Å². The highest BCUT2D eigenvalue weighted by atomic mass is 16.4. The lowest BCUT2D eigenvalue weighted by atomic mass is 9.94. The zero-order valence-corrected chi connectivity index (χ0v) is 14.3. The highest BCUT2D eigenvalue weighted by Gasteiger charge is 2.45. The minimum absolute atomic E-state index is 0.0765. The lowest BCUT2D eigenvalue weighted by Gasteiger charge is -2.16. The fourth-order valence-corrected chi connectivity index (χ4v) is 3.27. The number of hydrogen-bond acceptors (Lipinski definition) is 4. The molecule has 4 atom stereocenters. The molecule has 1 saturated carbocycles. The number of likely N-dealkylation sites (tertiary alicyclic amines) is 1. The standard InChI is InChI=1S/C18H21N3O5/c1-9-6-14(9)20-16(23)13-8-21(7-12(13)15(19)22)17(24)10-2-4-11(5-3-10)18(25)26/h2-5,9,12-14H,6-8H2,1H3,(H2,19,22)(H,20,23)(H,25,26)/t9-,12+,13+,14-/m0/s1. The Balaban J connectivity index is 1.71. The molecule has 4 N–H and O–H groups in total. The van der Waals surface area contributed by atoms with Crippen LogP contribution in [-0.2, 0) is 9.59 Å². The number of aromatic carboxylic acids is 1. The number of primary amides is 1. The molecule has 0 aromatic heterocycles. The number of amides is 3. The second-order valence-corrected chi connectivity index (χ2v) is 7.04. The van der Waals surface area contributed by atoms with Gasteiger partial charge in [-0.25, -0.2) is 4.79 Å². The van der Waals surface area contributed by atoms with Gasteiger partial charge in [0.15, 0.2) is 0 Å². The molecule has 1 aromatic carbocycles. The van der Waals surface area contributed by atoms with E-state index in [4.69, 9.17) is 10.8 Å². The number of carboxylic acid groups (broad SMARTS) is 1. The summed E-state index contributed by atoms with van der Waals surface area (Å²) in [6.45, 7) is 2.22. The van der Waals surface area contributed by atoms with Gasteiger partial charge in [-0.15, -0.1) is 0 Å². The molecule has 1 aliphatic heterocycles. The van der Waals surface area contributed by atoms with E-state index in [-0.39, 0.29) is 36.5 Å². The Labute approximate surface area is 150 Å². The number of benzene rings is 1. The lowest BCUT2D eigenvalue weighted by Crippen LogP contribution is -2.40. The number of carbonyl (C=O) groups is 4. The molecular weight excluding hydrogens is 338 g/mol. The fraction of sp³-hybridized carbons (Fsp3) is 0.444. The van der Waals surface area contributed by atoms with Gasteiger partial charge < -0.3 is 21.1 Å². The molecule has 1 heterocycles. The normalized spacial score (nSPS) is 27.0. The van der Waals surface area contributed by atoms with Crippen molar-refractivity contribution in [3.05, 3.63) is 35.4 Å². The third-order valence-electron chi connectivity index (χ3n) is 5.13. The Morgan fingerprint density at radius 1 is 1.08 bits per heavy atom. The Morgan fingerprint density at radius 2 is 1.62 bits per heavy atom. The fourth-order valence-electron chi connectivity index (χ4n) is 3.27. The van der Waals surface area contributed by atoms with Crippen LogP contribution in [-0.4, -0.2) is 52.8 Å².